The number of alkyl halides is 6. The summed E-state index contributed by atoms with van der Waals surface area (Å²) in [4.78, 5) is 24.5. The summed E-state index contributed by atoms with van der Waals surface area (Å²) >= 11 is 0. The summed E-state index contributed by atoms with van der Waals surface area (Å²) in [6.07, 6.45) is -7.44. The Morgan fingerprint density at radius 2 is 1.71 bits per heavy atom. The highest BCUT2D eigenvalue weighted by Gasteiger charge is 2.38. The van der Waals surface area contributed by atoms with Crippen molar-refractivity contribution in [3.05, 3.63) is 53.3 Å². The molecule has 3 rings (SSSR count). The second-order valence-corrected chi connectivity index (χ2v) is 8.05. The first-order chi connectivity index (χ1) is 15.4. The zero-order valence-electron chi connectivity index (χ0n) is 16.6. The van der Waals surface area contributed by atoms with Crippen LogP contribution in [-0.2, 0) is 21.0 Å². The van der Waals surface area contributed by atoms with Crippen molar-refractivity contribution in [2.45, 2.75) is 24.2 Å². The first kappa shape index (κ1) is 26.4. The number of anilines is 1. The van der Waals surface area contributed by atoms with Crippen molar-refractivity contribution in [3.8, 4) is 0 Å². The summed E-state index contributed by atoms with van der Waals surface area (Å²) < 4.78 is 98.5. The molecule has 0 atom stereocenters. The number of benzene rings is 1. The lowest BCUT2D eigenvalue weighted by atomic mass is 10.0. The molecule has 0 radical (unpaired) electrons. The summed E-state index contributed by atoms with van der Waals surface area (Å²) in [7, 11) is -4.45. The number of amides is 1. The van der Waals surface area contributed by atoms with Gasteiger partial charge in [0.2, 0.25) is 0 Å². The van der Waals surface area contributed by atoms with Crippen LogP contribution >= 0.6 is 0 Å². The zero-order valence-corrected chi connectivity index (χ0v) is 17.5. The van der Waals surface area contributed by atoms with Gasteiger partial charge in [-0.2, -0.15) is 31.4 Å². The number of hydrogen-bond donors (Lipinski definition) is 3. The number of nitrogens with one attached hydrogen (secondary N) is 1. The number of carbonyl (C=O) groups is 2. The van der Waals surface area contributed by atoms with E-state index in [4.69, 9.17) is 15.6 Å². The summed E-state index contributed by atoms with van der Waals surface area (Å²) in [6, 6.07) is 4.16. The van der Waals surface area contributed by atoms with E-state index in [9.17, 15) is 39.6 Å². The molecule has 34 heavy (non-hydrogen) atoms. The first-order valence-corrected chi connectivity index (χ1v) is 10.1. The molecule has 0 bridgehead atoms. The minimum atomic E-state index is -5.08. The SMILES string of the molecule is Cc1ccc(C(=O)NS(=O)(=O)c2cnn3ccc(N)nc23)cc1C(F)(F)F.O=C(O)C(F)(F)F. The number of halogens is 6. The topological polar surface area (TPSA) is 157 Å². The van der Waals surface area contributed by atoms with E-state index < -0.39 is 50.3 Å². The molecule has 0 aliphatic heterocycles. The number of aryl methyl sites for hydroxylation is 1. The number of fused-ring (bicyclic) bond motifs is 1. The number of carboxylic acids is 1. The molecule has 184 valence electrons. The summed E-state index contributed by atoms with van der Waals surface area (Å²) in [5.74, 6) is -3.95. The molecule has 0 fully saturated rings. The van der Waals surface area contributed by atoms with Crippen LogP contribution in [0.25, 0.3) is 5.65 Å². The van der Waals surface area contributed by atoms with Gasteiger partial charge in [-0.3, -0.25) is 4.79 Å². The van der Waals surface area contributed by atoms with Crippen molar-refractivity contribution in [2.75, 3.05) is 5.73 Å². The monoisotopic (exact) mass is 513 g/mol. The predicted molar refractivity (Wildman–Crippen MR) is 102 cm³/mol. The minimum absolute atomic E-state index is 0.0270. The Balaban J connectivity index is 0.000000509. The van der Waals surface area contributed by atoms with Gasteiger partial charge in [-0.25, -0.2) is 27.4 Å². The average molecular weight is 513 g/mol. The third-order valence-electron chi connectivity index (χ3n) is 3.92. The third-order valence-corrected chi connectivity index (χ3v) is 5.24. The molecule has 3 aromatic rings. The van der Waals surface area contributed by atoms with Crippen LogP contribution in [0.2, 0.25) is 0 Å². The predicted octanol–water partition coefficient (Wildman–Crippen LogP) is 2.39. The molecule has 0 unspecified atom stereocenters. The molecule has 4 N–H and O–H groups in total. The van der Waals surface area contributed by atoms with Crippen LogP contribution in [0.3, 0.4) is 0 Å². The van der Waals surface area contributed by atoms with Crippen molar-refractivity contribution < 1.29 is 49.5 Å². The number of nitrogens with two attached hydrogens (primary N) is 1. The van der Waals surface area contributed by atoms with E-state index >= 15 is 0 Å². The van der Waals surface area contributed by atoms with E-state index in [-0.39, 0.29) is 17.0 Å². The van der Waals surface area contributed by atoms with Gasteiger partial charge in [-0.15, -0.1) is 0 Å². The molecule has 0 aliphatic rings. The number of nitrogen functional groups attached to an aromatic ring is 1. The van der Waals surface area contributed by atoms with Gasteiger partial charge in [-0.1, -0.05) is 6.07 Å². The van der Waals surface area contributed by atoms with E-state index in [0.29, 0.717) is 6.07 Å². The fraction of sp³-hybridized carbons (Fsp3) is 0.176. The number of carbonyl (C=O) groups excluding carboxylic acids is 1. The number of rotatable bonds is 3. The largest absolute Gasteiger partial charge is 0.490 e. The van der Waals surface area contributed by atoms with Crippen molar-refractivity contribution >= 4 is 33.4 Å². The Labute approximate surface area is 186 Å². The fourth-order valence-corrected chi connectivity index (χ4v) is 3.39. The molecular formula is C17H13F6N5O5S. The Morgan fingerprint density at radius 3 is 2.24 bits per heavy atom. The Kier molecular flexibility index (Phi) is 7.10. The second kappa shape index (κ2) is 9.16. The van der Waals surface area contributed by atoms with Gasteiger partial charge in [0.15, 0.2) is 10.5 Å². The van der Waals surface area contributed by atoms with Crippen LogP contribution in [0.4, 0.5) is 32.2 Å². The molecular weight excluding hydrogens is 500 g/mol. The Hall–Kier alpha value is -3.89. The van der Waals surface area contributed by atoms with Gasteiger partial charge in [0.25, 0.3) is 15.9 Å². The van der Waals surface area contributed by atoms with Gasteiger partial charge in [0.1, 0.15) is 5.82 Å². The lowest BCUT2D eigenvalue weighted by Crippen LogP contribution is -2.31. The number of carboxylic acid groups (broad SMARTS) is 1. The summed E-state index contributed by atoms with van der Waals surface area (Å²) in [5.41, 5.74) is 3.81. The standard InChI is InChI=1S/C15H12F3N5O3S.C2HF3O2/c1-8-2-3-9(6-10(8)15(16,17)18)14(24)22-27(25,26)11-7-20-23-5-4-12(19)21-13(11)23;3-2(4,5)1(6)7/h2-7H,1H3,(H2,19,21)(H,22,24);(H,6,7). The molecule has 0 saturated carbocycles. The summed E-state index contributed by atoms with van der Waals surface area (Å²) in [5, 5.41) is 10.9. The molecule has 2 heterocycles. The maximum atomic E-state index is 13.0. The van der Waals surface area contributed by atoms with Gasteiger partial charge < -0.3 is 10.8 Å². The van der Waals surface area contributed by atoms with Crippen LogP contribution in [0.15, 0.2) is 41.6 Å². The normalized spacial score (nSPS) is 12.1. The first-order valence-electron chi connectivity index (χ1n) is 8.58. The number of hydrogen-bond acceptors (Lipinski definition) is 7. The number of sulfonamides is 1. The van der Waals surface area contributed by atoms with Crippen molar-refractivity contribution in [2.24, 2.45) is 0 Å². The molecule has 0 saturated heterocycles. The Morgan fingerprint density at radius 1 is 1.12 bits per heavy atom. The lowest BCUT2D eigenvalue weighted by Gasteiger charge is -2.12. The van der Waals surface area contributed by atoms with Gasteiger partial charge in [0, 0.05) is 11.8 Å². The molecule has 10 nitrogen and oxygen atoms in total. The van der Waals surface area contributed by atoms with Crippen LogP contribution in [0.5, 0.6) is 0 Å². The van der Waals surface area contributed by atoms with E-state index in [2.05, 4.69) is 10.1 Å². The van der Waals surface area contributed by atoms with E-state index in [1.807, 2.05) is 0 Å². The molecule has 2 aromatic heterocycles. The van der Waals surface area contributed by atoms with Crippen LogP contribution in [-0.4, -0.2) is 46.2 Å². The number of aromatic nitrogens is 3. The van der Waals surface area contributed by atoms with E-state index in [0.717, 1.165) is 22.8 Å². The van der Waals surface area contributed by atoms with E-state index in [1.165, 1.54) is 19.2 Å². The zero-order chi connectivity index (χ0) is 26.1. The highest BCUT2D eigenvalue weighted by molar-refractivity contribution is 7.90. The molecule has 0 spiro atoms. The van der Waals surface area contributed by atoms with Crippen LogP contribution < -0.4 is 10.5 Å². The van der Waals surface area contributed by atoms with Gasteiger partial charge >= 0.3 is 18.3 Å². The van der Waals surface area contributed by atoms with Gasteiger partial charge in [0.05, 0.1) is 11.8 Å². The van der Waals surface area contributed by atoms with Crippen molar-refractivity contribution in [3.63, 3.8) is 0 Å². The highest BCUT2D eigenvalue weighted by atomic mass is 32.2. The smallest absolute Gasteiger partial charge is 0.475 e. The minimum Gasteiger partial charge on any atom is -0.475 e. The van der Waals surface area contributed by atoms with E-state index in [1.54, 1.807) is 4.72 Å². The molecule has 1 amide bonds. The molecule has 17 heteroatoms. The highest BCUT2D eigenvalue weighted by Crippen LogP contribution is 2.32. The quantitative estimate of drug-likeness (QED) is 0.451. The average Bonchev–Trinajstić information content (AvgIpc) is 3.10. The second-order valence-electron chi connectivity index (χ2n) is 6.39. The van der Waals surface area contributed by atoms with Gasteiger partial charge in [-0.05, 0) is 30.7 Å². The maximum absolute atomic E-state index is 13.0. The lowest BCUT2D eigenvalue weighted by molar-refractivity contribution is -0.192. The molecule has 1 aromatic carbocycles. The van der Waals surface area contributed by atoms with Crippen molar-refractivity contribution in [1.29, 1.82) is 0 Å². The Bertz CT molecular complexity index is 1350. The third kappa shape index (κ3) is 6.12. The fourth-order valence-electron chi connectivity index (χ4n) is 2.36. The summed E-state index contributed by atoms with van der Waals surface area (Å²) in [6.45, 7) is 1.23. The number of aliphatic carboxylic acids is 1. The maximum Gasteiger partial charge on any atom is 0.490 e. The molecule has 0 aliphatic carbocycles. The van der Waals surface area contributed by atoms with Crippen LogP contribution in [0, 0.1) is 6.92 Å². The van der Waals surface area contributed by atoms with Crippen molar-refractivity contribution in [1.82, 2.24) is 19.3 Å². The number of nitrogens with zero attached hydrogens (tertiary/aromatic N) is 3. The van der Waals surface area contributed by atoms with Crippen LogP contribution in [0.1, 0.15) is 21.5 Å².